The first-order valence-electron chi connectivity index (χ1n) is 2.60. The van der Waals surface area contributed by atoms with E-state index in [1.165, 1.54) is 0 Å². The van der Waals surface area contributed by atoms with Gasteiger partial charge in [-0.3, -0.25) is 0 Å². The van der Waals surface area contributed by atoms with Gasteiger partial charge in [0.1, 0.15) is 6.17 Å². The van der Waals surface area contributed by atoms with E-state index in [4.69, 9.17) is 0 Å². The fraction of sp³-hybridized carbons (Fsp3) is 1.00. The SMILES string of the molecule is CCC(F)CC([O])F. The largest absolute Gasteiger partial charge is 0.247 e. The number of alkyl halides is 2. The maximum atomic E-state index is 11.9. The van der Waals surface area contributed by atoms with Gasteiger partial charge in [0, 0.05) is 6.42 Å². The van der Waals surface area contributed by atoms with Gasteiger partial charge in [-0.2, -0.15) is 5.11 Å². The fourth-order valence-corrected chi connectivity index (χ4v) is 0.368. The van der Waals surface area contributed by atoms with Crippen LogP contribution in [0.25, 0.3) is 0 Å². The van der Waals surface area contributed by atoms with Crippen molar-refractivity contribution in [3.05, 3.63) is 0 Å². The van der Waals surface area contributed by atoms with Crippen molar-refractivity contribution >= 4 is 0 Å². The molecule has 0 spiro atoms. The summed E-state index contributed by atoms with van der Waals surface area (Å²) in [5.41, 5.74) is 0. The predicted octanol–water partition coefficient (Wildman–Crippen LogP) is 1.85. The average molecular weight is 123 g/mol. The minimum Gasteiger partial charge on any atom is -0.247 e. The molecule has 0 heterocycles. The molecule has 3 heteroatoms. The third-order valence-corrected chi connectivity index (χ3v) is 0.884. The zero-order valence-electron chi connectivity index (χ0n) is 4.73. The van der Waals surface area contributed by atoms with E-state index in [0.717, 1.165) is 0 Å². The van der Waals surface area contributed by atoms with Crippen molar-refractivity contribution in [2.75, 3.05) is 0 Å². The quantitative estimate of drug-likeness (QED) is 0.545. The Hall–Kier alpha value is -0.180. The van der Waals surface area contributed by atoms with E-state index in [-0.39, 0.29) is 6.42 Å². The Kier molecular flexibility index (Phi) is 3.69. The Bertz CT molecular complexity index is 56.4. The van der Waals surface area contributed by atoms with Gasteiger partial charge in [-0.05, 0) is 6.42 Å². The lowest BCUT2D eigenvalue weighted by atomic mass is 10.2. The van der Waals surface area contributed by atoms with Crippen LogP contribution in [0, 0.1) is 0 Å². The van der Waals surface area contributed by atoms with Crippen LogP contribution in [-0.4, -0.2) is 12.5 Å². The molecule has 0 fully saturated rings. The van der Waals surface area contributed by atoms with E-state index in [2.05, 4.69) is 0 Å². The van der Waals surface area contributed by atoms with Gasteiger partial charge in [0.25, 0.3) is 0 Å². The summed E-state index contributed by atoms with van der Waals surface area (Å²) in [5, 5.41) is 9.59. The minimum absolute atomic E-state index is 0.225. The van der Waals surface area contributed by atoms with E-state index in [1.807, 2.05) is 0 Å². The van der Waals surface area contributed by atoms with E-state index >= 15 is 0 Å². The molecule has 8 heavy (non-hydrogen) atoms. The summed E-state index contributed by atoms with van der Waals surface area (Å²) in [4.78, 5) is 0. The highest BCUT2D eigenvalue weighted by Crippen LogP contribution is 2.06. The number of halogens is 2. The van der Waals surface area contributed by atoms with Crippen molar-refractivity contribution in [3.8, 4) is 0 Å². The molecular weight excluding hydrogens is 114 g/mol. The highest BCUT2D eigenvalue weighted by molar-refractivity contribution is 4.52. The summed E-state index contributed by atoms with van der Waals surface area (Å²) in [6.45, 7) is 1.58. The van der Waals surface area contributed by atoms with E-state index in [9.17, 15) is 13.9 Å². The van der Waals surface area contributed by atoms with Crippen molar-refractivity contribution in [1.82, 2.24) is 0 Å². The number of hydrogen-bond acceptors (Lipinski definition) is 0. The Labute approximate surface area is 47.3 Å². The normalized spacial score (nSPS) is 18.0. The summed E-state index contributed by atoms with van der Waals surface area (Å²) >= 11 is 0. The summed E-state index contributed by atoms with van der Waals surface area (Å²) in [5.74, 6) is 0. The molecule has 1 nitrogen and oxygen atoms in total. The van der Waals surface area contributed by atoms with Crippen molar-refractivity contribution in [2.24, 2.45) is 0 Å². The predicted molar refractivity (Wildman–Crippen MR) is 25.4 cm³/mol. The van der Waals surface area contributed by atoms with Gasteiger partial charge in [0.2, 0.25) is 6.36 Å². The molecule has 0 aliphatic carbocycles. The van der Waals surface area contributed by atoms with Gasteiger partial charge in [-0.25, -0.2) is 8.78 Å². The molecule has 1 radical (unpaired) electrons. The van der Waals surface area contributed by atoms with Gasteiger partial charge in [-0.1, -0.05) is 6.92 Å². The third kappa shape index (κ3) is 3.99. The van der Waals surface area contributed by atoms with Crippen LogP contribution in [0.1, 0.15) is 19.8 Å². The molecule has 0 N–H and O–H groups in total. The number of hydrogen-bond donors (Lipinski definition) is 0. The van der Waals surface area contributed by atoms with Crippen LogP contribution < -0.4 is 0 Å². The molecule has 0 saturated heterocycles. The molecule has 0 bridgehead atoms. The van der Waals surface area contributed by atoms with Crippen LogP contribution in [-0.2, 0) is 5.11 Å². The molecular formula is C5H9F2O. The molecule has 2 unspecified atom stereocenters. The summed E-state index contributed by atoms with van der Waals surface area (Å²) in [7, 11) is 0. The third-order valence-electron chi connectivity index (χ3n) is 0.884. The van der Waals surface area contributed by atoms with Crippen molar-refractivity contribution < 1.29 is 13.9 Å². The average Bonchev–Trinajstić information content (AvgIpc) is 1.65. The highest BCUT2D eigenvalue weighted by atomic mass is 19.2. The molecule has 0 aliphatic rings. The fourth-order valence-electron chi connectivity index (χ4n) is 0.368. The maximum Gasteiger partial charge on any atom is 0.234 e. The van der Waals surface area contributed by atoms with Gasteiger partial charge in [0.15, 0.2) is 0 Å². The lowest BCUT2D eigenvalue weighted by Crippen LogP contribution is -2.06. The lowest BCUT2D eigenvalue weighted by molar-refractivity contribution is -0.0430. The first kappa shape index (κ1) is 7.82. The second-order valence-electron chi connectivity index (χ2n) is 1.65. The van der Waals surface area contributed by atoms with Crippen LogP contribution in [0.15, 0.2) is 0 Å². The Balaban J connectivity index is 3.10. The van der Waals surface area contributed by atoms with Crippen molar-refractivity contribution in [2.45, 2.75) is 32.3 Å². The standard InChI is InChI=1S/C5H9F2O/c1-2-4(6)3-5(7)8/h4-5H,2-3H2,1H3. The van der Waals surface area contributed by atoms with E-state index < -0.39 is 19.0 Å². The van der Waals surface area contributed by atoms with Crippen LogP contribution in [0.4, 0.5) is 8.78 Å². The summed E-state index contributed by atoms with van der Waals surface area (Å²) in [6, 6.07) is 0. The monoisotopic (exact) mass is 123 g/mol. The first-order chi connectivity index (χ1) is 3.66. The zero-order chi connectivity index (χ0) is 6.57. The van der Waals surface area contributed by atoms with Crippen LogP contribution in [0.5, 0.6) is 0 Å². The van der Waals surface area contributed by atoms with Gasteiger partial charge < -0.3 is 0 Å². The van der Waals surface area contributed by atoms with Crippen LogP contribution in [0.3, 0.4) is 0 Å². The van der Waals surface area contributed by atoms with Gasteiger partial charge in [-0.15, -0.1) is 0 Å². The molecule has 0 rings (SSSR count). The van der Waals surface area contributed by atoms with Crippen LogP contribution in [0.2, 0.25) is 0 Å². The lowest BCUT2D eigenvalue weighted by Gasteiger charge is -2.01. The second-order valence-corrected chi connectivity index (χ2v) is 1.65. The molecule has 0 amide bonds. The van der Waals surface area contributed by atoms with Gasteiger partial charge >= 0.3 is 0 Å². The molecule has 0 aromatic rings. The molecule has 0 saturated carbocycles. The number of rotatable bonds is 3. The summed E-state index contributed by atoms with van der Waals surface area (Å²) < 4.78 is 23.3. The Morgan fingerprint density at radius 3 is 2.12 bits per heavy atom. The highest BCUT2D eigenvalue weighted by Gasteiger charge is 2.10. The molecule has 0 aromatic heterocycles. The topological polar surface area (TPSA) is 19.9 Å². The molecule has 0 aromatic carbocycles. The molecule has 0 aliphatic heterocycles. The van der Waals surface area contributed by atoms with Crippen molar-refractivity contribution in [3.63, 3.8) is 0 Å². The zero-order valence-corrected chi connectivity index (χ0v) is 4.73. The molecule has 49 valence electrons. The van der Waals surface area contributed by atoms with E-state index in [0.29, 0.717) is 0 Å². The van der Waals surface area contributed by atoms with Crippen LogP contribution >= 0.6 is 0 Å². The van der Waals surface area contributed by atoms with Gasteiger partial charge in [0.05, 0.1) is 0 Å². The first-order valence-corrected chi connectivity index (χ1v) is 2.60. The molecule has 2 atom stereocenters. The Morgan fingerprint density at radius 2 is 2.00 bits per heavy atom. The Morgan fingerprint density at radius 1 is 1.50 bits per heavy atom. The van der Waals surface area contributed by atoms with E-state index in [1.54, 1.807) is 6.92 Å². The maximum absolute atomic E-state index is 11.9. The summed E-state index contributed by atoms with van der Waals surface area (Å²) in [6.07, 6.45) is -3.79. The smallest absolute Gasteiger partial charge is 0.234 e. The van der Waals surface area contributed by atoms with Crippen molar-refractivity contribution in [1.29, 1.82) is 0 Å². The second kappa shape index (κ2) is 3.78. The minimum atomic E-state index is -2.25.